The molecule has 0 aliphatic carbocycles. The monoisotopic (exact) mass is 490 g/mol. The highest BCUT2D eigenvalue weighted by Gasteiger charge is 2.18. The van der Waals surface area contributed by atoms with Gasteiger partial charge in [0, 0.05) is 29.2 Å². The van der Waals surface area contributed by atoms with E-state index in [-0.39, 0.29) is 5.82 Å². The molecule has 3 aromatic heterocycles. The Labute approximate surface area is 204 Å². The lowest BCUT2D eigenvalue weighted by atomic mass is 10.2. The van der Waals surface area contributed by atoms with E-state index in [1.165, 1.54) is 23.9 Å². The average Bonchev–Trinajstić information content (AvgIpc) is 3.55. The zero-order chi connectivity index (χ0) is 24.2. The van der Waals surface area contributed by atoms with Crippen LogP contribution in [0.2, 0.25) is 0 Å². The van der Waals surface area contributed by atoms with Crippen molar-refractivity contribution in [3.05, 3.63) is 78.7 Å². The Hall–Kier alpha value is -4.25. The van der Waals surface area contributed by atoms with Gasteiger partial charge in [-0.25, -0.2) is 4.39 Å². The Morgan fingerprint density at radius 2 is 1.63 bits per heavy atom. The van der Waals surface area contributed by atoms with Crippen LogP contribution in [0, 0.1) is 5.82 Å². The molecule has 9 nitrogen and oxygen atoms in total. The van der Waals surface area contributed by atoms with Gasteiger partial charge in [0.25, 0.3) is 0 Å². The van der Waals surface area contributed by atoms with Crippen LogP contribution >= 0.6 is 11.8 Å². The standard InChI is InChI=1S/C24H19FN6O3S/c1-32-19-8-3-16(13-20(19)33-2)23-29-27-21(34-23)14-35-24-30-28-22(15-9-11-26-12-10-15)31(24)18-6-4-17(25)5-7-18/h3-13H,14H2,1-2H3. The molecule has 35 heavy (non-hydrogen) atoms. The second-order valence-corrected chi connectivity index (χ2v) is 8.16. The first-order valence-corrected chi connectivity index (χ1v) is 11.4. The van der Waals surface area contributed by atoms with Gasteiger partial charge >= 0.3 is 0 Å². The minimum Gasteiger partial charge on any atom is -0.493 e. The summed E-state index contributed by atoms with van der Waals surface area (Å²) in [5, 5.41) is 17.6. The number of aromatic nitrogens is 6. The van der Waals surface area contributed by atoms with E-state index >= 15 is 0 Å². The molecule has 0 unspecified atom stereocenters. The van der Waals surface area contributed by atoms with E-state index in [1.54, 1.807) is 50.9 Å². The molecule has 0 saturated heterocycles. The van der Waals surface area contributed by atoms with Crippen molar-refractivity contribution in [2.75, 3.05) is 14.2 Å². The zero-order valence-corrected chi connectivity index (χ0v) is 19.6. The number of benzene rings is 2. The second kappa shape index (κ2) is 9.94. The van der Waals surface area contributed by atoms with E-state index in [0.29, 0.717) is 45.6 Å². The number of hydrogen-bond donors (Lipinski definition) is 0. The highest BCUT2D eigenvalue weighted by Crippen LogP contribution is 2.33. The molecule has 0 atom stereocenters. The van der Waals surface area contributed by atoms with Crippen molar-refractivity contribution in [1.82, 2.24) is 29.9 Å². The number of methoxy groups -OCH3 is 2. The van der Waals surface area contributed by atoms with Gasteiger partial charge in [-0.1, -0.05) is 11.8 Å². The third-order valence-electron chi connectivity index (χ3n) is 5.08. The van der Waals surface area contributed by atoms with Crippen molar-refractivity contribution in [3.63, 3.8) is 0 Å². The lowest BCUT2D eigenvalue weighted by molar-refractivity contribution is 0.355. The SMILES string of the molecule is COc1ccc(-c2nnc(CSc3nnc(-c4ccncc4)n3-c3ccc(F)cc3)o2)cc1OC. The van der Waals surface area contributed by atoms with Crippen LogP contribution in [0.5, 0.6) is 11.5 Å². The highest BCUT2D eigenvalue weighted by molar-refractivity contribution is 7.98. The molecule has 5 rings (SSSR count). The van der Waals surface area contributed by atoms with Crippen LogP contribution in [0.25, 0.3) is 28.5 Å². The molecule has 11 heteroatoms. The second-order valence-electron chi connectivity index (χ2n) is 7.21. The number of halogens is 1. The number of hydrogen-bond acceptors (Lipinski definition) is 9. The van der Waals surface area contributed by atoms with Crippen LogP contribution < -0.4 is 9.47 Å². The van der Waals surface area contributed by atoms with Crippen molar-refractivity contribution in [2.24, 2.45) is 0 Å². The van der Waals surface area contributed by atoms with E-state index in [4.69, 9.17) is 13.9 Å². The fourth-order valence-electron chi connectivity index (χ4n) is 3.40. The van der Waals surface area contributed by atoms with Crippen LogP contribution in [0.15, 0.2) is 76.6 Å². The molecule has 0 aliphatic rings. The Morgan fingerprint density at radius 1 is 0.857 bits per heavy atom. The van der Waals surface area contributed by atoms with Crippen LogP contribution in [0.1, 0.15) is 5.89 Å². The summed E-state index contributed by atoms with van der Waals surface area (Å²) in [6.45, 7) is 0. The molecule has 176 valence electrons. The van der Waals surface area contributed by atoms with Gasteiger partial charge in [0.1, 0.15) is 5.82 Å². The predicted octanol–water partition coefficient (Wildman–Crippen LogP) is 4.83. The van der Waals surface area contributed by atoms with Crippen LogP contribution in [0.3, 0.4) is 0 Å². The maximum absolute atomic E-state index is 13.6. The first kappa shape index (κ1) is 22.5. The summed E-state index contributed by atoms with van der Waals surface area (Å²) in [6.07, 6.45) is 3.36. The summed E-state index contributed by atoms with van der Waals surface area (Å²) >= 11 is 1.38. The molecular formula is C24H19FN6O3S. The van der Waals surface area contributed by atoms with Crippen LogP contribution in [-0.2, 0) is 5.75 Å². The fraction of sp³-hybridized carbons (Fsp3) is 0.125. The number of ether oxygens (including phenoxy) is 2. The minimum atomic E-state index is -0.324. The van der Waals surface area contributed by atoms with Crippen molar-refractivity contribution in [2.45, 2.75) is 10.9 Å². The molecule has 3 heterocycles. The molecule has 0 amide bonds. The maximum Gasteiger partial charge on any atom is 0.247 e. The zero-order valence-electron chi connectivity index (χ0n) is 18.8. The summed E-state index contributed by atoms with van der Waals surface area (Å²) in [6, 6.07) is 15.2. The van der Waals surface area contributed by atoms with Gasteiger partial charge in [-0.05, 0) is 54.6 Å². The average molecular weight is 491 g/mol. The Balaban J connectivity index is 1.41. The van der Waals surface area contributed by atoms with Gasteiger partial charge in [0.05, 0.1) is 20.0 Å². The fourth-order valence-corrected chi connectivity index (χ4v) is 4.19. The first-order chi connectivity index (χ1) is 17.2. The molecule has 0 bridgehead atoms. The lowest BCUT2D eigenvalue weighted by Gasteiger charge is -2.10. The molecule has 0 saturated carbocycles. The van der Waals surface area contributed by atoms with E-state index in [0.717, 1.165) is 11.3 Å². The van der Waals surface area contributed by atoms with Gasteiger partial charge in [-0.2, -0.15) is 0 Å². The van der Waals surface area contributed by atoms with Crippen molar-refractivity contribution < 1.29 is 18.3 Å². The topological polar surface area (TPSA) is 101 Å². The molecule has 2 aromatic carbocycles. The van der Waals surface area contributed by atoms with E-state index < -0.39 is 0 Å². The van der Waals surface area contributed by atoms with E-state index in [1.807, 2.05) is 22.8 Å². The molecule has 0 aliphatic heterocycles. The maximum atomic E-state index is 13.6. The smallest absolute Gasteiger partial charge is 0.247 e. The predicted molar refractivity (Wildman–Crippen MR) is 127 cm³/mol. The normalized spacial score (nSPS) is 10.9. The molecule has 5 aromatic rings. The largest absolute Gasteiger partial charge is 0.493 e. The molecule has 0 radical (unpaired) electrons. The molecule has 0 fully saturated rings. The third kappa shape index (κ3) is 4.71. The van der Waals surface area contributed by atoms with Gasteiger partial charge < -0.3 is 13.9 Å². The van der Waals surface area contributed by atoms with Crippen LogP contribution in [-0.4, -0.2) is 44.2 Å². The van der Waals surface area contributed by atoms with Crippen molar-refractivity contribution >= 4 is 11.8 Å². The molecular weight excluding hydrogens is 471 g/mol. The molecule has 0 spiro atoms. The van der Waals surface area contributed by atoms with Crippen molar-refractivity contribution in [3.8, 4) is 40.0 Å². The molecule has 0 N–H and O–H groups in total. The quantitative estimate of drug-likeness (QED) is 0.283. The van der Waals surface area contributed by atoms with E-state index in [2.05, 4.69) is 25.4 Å². The summed E-state index contributed by atoms with van der Waals surface area (Å²) in [5.74, 6) is 2.59. The summed E-state index contributed by atoms with van der Waals surface area (Å²) < 4.78 is 31.9. The summed E-state index contributed by atoms with van der Waals surface area (Å²) in [5.41, 5.74) is 2.26. The number of pyridine rings is 1. The van der Waals surface area contributed by atoms with Crippen LogP contribution in [0.4, 0.5) is 4.39 Å². The third-order valence-corrected chi connectivity index (χ3v) is 5.99. The Kier molecular flexibility index (Phi) is 6.40. The number of rotatable bonds is 8. The van der Waals surface area contributed by atoms with Gasteiger partial charge in [0.2, 0.25) is 11.8 Å². The minimum absolute atomic E-state index is 0.324. The summed E-state index contributed by atoms with van der Waals surface area (Å²) in [7, 11) is 3.14. The van der Waals surface area contributed by atoms with Gasteiger partial charge in [-0.3, -0.25) is 9.55 Å². The lowest BCUT2D eigenvalue weighted by Crippen LogP contribution is -2.00. The summed E-state index contributed by atoms with van der Waals surface area (Å²) in [4.78, 5) is 4.06. The Bertz CT molecular complexity index is 1440. The first-order valence-electron chi connectivity index (χ1n) is 10.5. The van der Waals surface area contributed by atoms with Crippen molar-refractivity contribution in [1.29, 1.82) is 0 Å². The highest BCUT2D eigenvalue weighted by atomic mass is 32.2. The number of thioether (sulfide) groups is 1. The van der Waals surface area contributed by atoms with Gasteiger partial charge in [0.15, 0.2) is 22.5 Å². The van der Waals surface area contributed by atoms with Gasteiger partial charge in [-0.15, -0.1) is 20.4 Å². The van der Waals surface area contributed by atoms with E-state index in [9.17, 15) is 4.39 Å². The Morgan fingerprint density at radius 3 is 2.37 bits per heavy atom. The number of nitrogens with zero attached hydrogens (tertiary/aromatic N) is 6.